The van der Waals surface area contributed by atoms with E-state index in [9.17, 15) is 13.2 Å². The number of nitrogens with two attached hydrogens (primary N) is 1. The van der Waals surface area contributed by atoms with E-state index in [-0.39, 0.29) is 12.3 Å². The Kier molecular flexibility index (Phi) is 3.48. The third kappa shape index (κ3) is 3.05. The molecule has 4 nitrogen and oxygen atoms in total. The minimum atomic E-state index is -4.74. The van der Waals surface area contributed by atoms with Crippen molar-refractivity contribution in [1.82, 2.24) is 9.78 Å². The number of halogens is 3. The Morgan fingerprint density at radius 1 is 1.32 bits per heavy atom. The summed E-state index contributed by atoms with van der Waals surface area (Å²) >= 11 is 0. The summed E-state index contributed by atoms with van der Waals surface area (Å²) in [5.41, 5.74) is 7.04. The molecule has 1 aromatic carbocycles. The van der Waals surface area contributed by atoms with Gasteiger partial charge in [0.15, 0.2) is 0 Å². The van der Waals surface area contributed by atoms with Crippen LogP contribution in [-0.4, -0.2) is 16.1 Å². The first-order valence-electron chi connectivity index (χ1n) is 5.48. The van der Waals surface area contributed by atoms with Gasteiger partial charge in [-0.05, 0) is 23.8 Å². The second-order valence-electron chi connectivity index (χ2n) is 3.92. The highest BCUT2D eigenvalue weighted by atomic mass is 19.4. The van der Waals surface area contributed by atoms with Crippen molar-refractivity contribution < 1.29 is 17.9 Å². The van der Waals surface area contributed by atoms with Crippen LogP contribution < -0.4 is 10.5 Å². The van der Waals surface area contributed by atoms with E-state index < -0.39 is 6.36 Å². The molecule has 0 aliphatic rings. The van der Waals surface area contributed by atoms with Crippen LogP contribution in [0.25, 0.3) is 11.3 Å². The number of aryl methyl sites for hydroxylation is 1. The third-order valence-corrected chi connectivity index (χ3v) is 2.60. The van der Waals surface area contributed by atoms with Gasteiger partial charge in [-0.3, -0.25) is 4.68 Å². The number of alkyl halides is 3. The zero-order chi connectivity index (χ0) is 14.0. The summed E-state index contributed by atoms with van der Waals surface area (Å²) in [6, 6.07) is 5.94. The van der Waals surface area contributed by atoms with Gasteiger partial charge in [0, 0.05) is 25.4 Å². The molecule has 0 amide bonds. The van der Waals surface area contributed by atoms with Crippen molar-refractivity contribution in [1.29, 1.82) is 0 Å². The zero-order valence-corrected chi connectivity index (χ0v) is 10.1. The molecule has 0 unspecified atom stereocenters. The zero-order valence-electron chi connectivity index (χ0n) is 10.1. The highest BCUT2D eigenvalue weighted by Crippen LogP contribution is 2.34. The van der Waals surface area contributed by atoms with Gasteiger partial charge in [0.25, 0.3) is 0 Å². The van der Waals surface area contributed by atoms with E-state index >= 15 is 0 Å². The fraction of sp³-hybridized carbons (Fsp3) is 0.250. The number of hydrogen-bond acceptors (Lipinski definition) is 3. The van der Waals surface area contributed by atoms with Crippen molar-refractivity contribution in [3.63, 3.8) is 0 Å². The lowest BCUT2D eigenvalue weighted by atomic mass is 10.1. The lowest BCUT2D eigenvalue weighted by Crippen LogP contribution is -2.18. The number of ether oxygens (including phenoxy) is 1. The fourth-order valence-electron chi connectivity index (χ4n) is 1.76. The molecule has 0 saturated heterocycles. The Bertz CT molecular complexity index is 578. The Balaban J connectivity index is 2.52. The molecule has 2 rings (SSSR count). The molecule has 0 saturated carbocycles. The molecule has 0 bridgehead atoms. The maximum absolute atomic E-state index is 12.4. The molecule has 0 spiro atoms. The number of rotatable bonds is 3. The molecule has 0 aliphatic heterocycles. The first-order valence-corrected chi connectivity index (χ1v) is 5.48. The van der Waals surface area contributed by atoms with Gasteiger partial charge < -0.3 is 10.5 Å². The molecule has 7 heteroatoms. The molecular weight excluding hydrogens is 259 g/mol. The van der Waals surface area contributed by atoms with Crippen LogP contribution in [0.1, 0.15) is 5.56 Å². The molecule has 0 fully saturated rings. The Morgan fingerprint density at radius 3 is 2.58 bits per heavy atom. The predicted octanol–water partition coefficient (Wildman–Crippen LogP) is 2.44. The highest BCUT2D eigenvalue weighted by molar-refractivity contribution is 5.68. The van der Waals surface area contributed by atoms with Crippen molar-refractivity contribution in [2.45, 2.75) is 12.9 Å². The van der Waals surface area contributed by atoms with E-state index in [1.807, 2.05) is 0 Å². The summed E-state index contributed by atoms with van der Waals surface area (Å²) in [7, 11) is 1.64. The number of benzene rings is 1. The smallest absolute Gasteiger partial charge is 0.405 e. The van der Waals surface area contributed by atoms with Gasteiger partial charge in [0.2, 0.25) is 0 Å². The lowest BCUT2D eigenvalue weighted by molar-refractivity contribution is -0.274. The van der Waals surface area contributed by atoms with Crippen molar-refractivity contribution in [2.75, 3.05) is 0 Å². The van der Waals surface area contributed by atoms with Crippen LogP contribution in [0.3, 0.4) is 0 Å². The van der Waals surface area contributed by atoms with E-state index in [1.54, 1.807) is 19.2 Å². The summed E-state index contributed by atoms with van der Waals surface area (Å²) in [4.78, 5) is 0. The van der Waals surface area contributed by atoms with Crippen LogP contribution in [0.2, 0.25) is 0 Å². The van der Waals surface area contributed by atoms with E-state index in [1.165, 1.54) is 23.0 Å². The minimum Gasteiger partial charge on any atom is -0.405 e. The van der Waals surface area contributed by atoms with E-state index in [0.29, 0.717) is 16.8 Å². The molecule has 102 valence electrons. The largest absolute Gasteiger partial charge is 0.573 e. The van der Waals surface area contributed by atoms with Gasteiger partial charge in [-0.2, -0.15) is 5.10 Å². The summed E-state index contributed by atoms with van der Waals surface area (Å²) < 4.78 is 42.6. The SMILES string of the molecule is Cn1nccc1-c1cc(CN)ccc1OC(F)(F)F. The van der Waals surface area contributed by atoms with Crippen LogP contribution in [-0.2, 0) is 13.6 Å². The van der Waals surface area contributed by atoms with Crippen LogP contribution in [0.15, 0.2) is 30.5 Å². The average molecular weight is 271 g/mol. The lowest BCUT2D eigenvalue weighted by Gasteiger charge is -2.14. The molecule has 0 radical (unpaired) electrons. The van der Waals surface area contributed by atoms with Gasteiger partial charge in [-0.1, -0.05) is 6.07 Å². The van der Waals surface area contributed by atoms with E-state index in [4.69, 9.17) is 5.73 Å². The molecule has 19 heavy (non-hydrogen) atoms. The first kappa shape index (κ1) is 13.4. The first-order chi connectivity index (χ1) is 8.90. The average Bonchev–Trinajstić information content (AvgIpc) is 2.74. The molecular formula is C12H12F3N3O. The molecule has 1 aromatic heterocycles. The van der Waals surface area contributed by atoms with Gasteiger partial charge in [-0.25, -0.2) is 0 Å². The molecule has 2 N–H and O–H groups in total. The second-order valence-corrected chi connectivity index (χ2v) is 3.92. The third-order valence-electron chi connectivity index (χ3n) is 2.60. The molecule has 1 heterocycles. The van der Waals surface area contributed by atoms with Crippen molar-refractivity contribution in [3.8, 4) is 17.0 Å². The highest BCUT2D eigenvalue weighted by Gasteiger charge is 2.32. The van der Waals surface area contributed by atoms with Crippen molar-refractivity contribution in [2.24, 2.45) is 12.8 Å². The quantitative estimate of drug-likeness (QED) is 0.932. The molecule has 2 aromatic rings. The Morgan fingerprint density at radius 2 is 2.05 bits per heavy atom. The van der Waals surface area contributed by atoms with Crippen molar-refractivity contribution >= 4 is 0 Å². The monoisotopic (exact) mass is 271 g/mol. The predicted molar refractivity (Wildman–Crippen MR) is 63.2 cm³/mol. The summed E-state index contributed by atoms with van der Waals surface area (Å²) in [6.45, 7) is 0.233. The normalized spacial score (nSPS) is 11.6. The van der Waals surface area contributed by atoms with Gasteiger partial charge in [-0.15, -0.1) is 13.2 Å². The van der Waals surface area contributed by atoms with Crippen LogP contribution in [0.4, 0.5) is 13.2 Å². The van der Waals surface area contributed by atoms with Crippen LogP contribution in [0, 0.1) is 0 Å². The second kappa shape index (κ2) is 4.93. The van der Waals surface area contributed by atoms with E-state index in [0.717, 1.165) is 0 Å². The standard InChI is InChI=1S/C12H12F3N3O/c1-18-10(4-5-17-18)9-6-8(7-16)2-3-11(9)19-12(13,14)15/h2-6H,7,16H2,1H3. The summed E-state index contributed by atoms with van der Waals surface area (Å²) in [5.74, 6) is -0.270. The van der Waals surface area contributed by atoms with Crippen LogP contribution >= 0.6 is 0 Å². The molecule has 0 atom stereocenters. The number of nitrogens with zero attached hydrogens (tertiary/aromatic N) is 2. The molecule has 0 aliphatic carbocycles. The van der Waals surface area contributed by atoms with E-state index in [2.05, 4.69) is 9.84 Å². The summed E-state index contributed by atoms with van der Waals surface area (Å²) in [5, 5.41) is 3.93. The Hall–Kier alpha value is -2.02. The topological polar surface area (TPSA) is 53.1 Å². The summed E-state index contributed by atoms with van der Waals surface area (Å²) in [6.07, 6.45) is -3.24. The van der Waals surface area contributed by atoms with Gasteiger partial charge in [0.05, 0.1) is 5.69 Å². The number of aromatic nitrogens is 2. The van der Waals surface area contributed by atoms with Crippen molar-refractivity contribution in [3.05, 3.63) is 36.0 Å². The number of hydrogen-bond donors (Lipinski definition) is 1. The van der Waals surface area contributed by atoms with Gasteiger partial charge >= 0.3 is 6.36 Å². The van der Waals surface area contributed by atoms with Crippen LogP contribution in [0.5, 0.6) is 5.75 Å². The minimum absolute atomic E-state index is 0.233. The maximum atomic E-state index is 12.4. The fourth-order valence-corrected chi connectivity index (χ4v) is 1.76. The Labute approximate surface area is 107 Å². The van der Waals surface area contributed by atoms with Gasteiger partial charge in [0.1, 0.15) is 5.75 Å². The maximum Gasteiger partial charge on any atom is 0.573 e.